The minimum atomic E-state index is -2.02. The quantitative estimate of drug-likeness (QED) is 0.415. The Morgan fingerprint density at radius 3 is 2.12 bits per heavy atom. The van der Waals surface area contributed by atoms with Crippen LogP contribution in [0.15, 0.2) is 12.3 Å². The molecule has 3 rings (SSSR count). The van der Waals surface area contributed by atoms with Gasteiger partial charge in [-0.2, -0.15) is 0 Å². The zero-order valence-corrected chi connectivity index (χ0v) is 23.1. The summed E-state index contributed by atoms with van der Waals surface area (Å²) in [6.07, 6.45) is 2.76. The molecule has 7 heteroatoms. The summed E-state index contributed by atoms with van der Waals surface area (Å²) in [5.41, 5.74) is 4.12. The minimum absolute atomic E-state index is 0.368. The highest BCUT2D eigenvalue weighted by Gasteiger charge is 2.47. The number of carbonyl (C=O) groups is 1. The predicted molar refractivity (Wildman–Crippen MR) is 137 cm³/mol. The molecule has 0 bridgehead atoms. The Morgan fingerprint density at radius 2 is 1.66 bits per heavy atom. The second-order valence-corrected chi connectivity index (χ2v) is 17.0. The Hall–Kier alpha value is -1.66. The number of carbonyl (C=O) groups excluding carboxylic acids is 1. The molecule has 0 saturated carbocycles. The molecule has 0 atom stereocenters. The largest absolute Gasteiger partial charge is 0.495 e. The number of hydrogen-bond donors (Lipinski definition) is 0. The van der Waals surface area contributed by atoms with Crippen LogP contribution in [0, 0.1) is 0 Å². The van der Waals surface area contributed by atoms with E-state index < -0.39 is 13.8 Å². The number of halogens is 1. The van der Waals surface area contributed by atoms with Crippen molar-refractivity contribution in [2.24, 2.45) is 0 Å². The van der Waals surface area contributed by atoms with Gasteiger partial charge in [0.15, 0.2) is 8.24 Å². The van der Waals surface area contributed by atoms with E-state index in [4.69, 9.17) is 21.1 Å². The lowest BCUT2D eigenvalue weighted by Gasteiger charge is -2.44. The molecule has 0 aliphatic carbocycles. The van der Waals surface area contributed by atoms with Gasteiger partial charge in [0, 0.05) is 23.5 Å². The molecular formula is C25H39ClN2O3Si. The monoisotopic (exact) mass is 478 g/mol. The summed E-state index contributed by atoms with van der Waals surface area (Å²) < 4.78 is 14.0. The smallest absolute Gasteiger partial charge is 0.414 e. The lowest BCUT2D eigenvalue weighted by Crippen LogP contribution is -2.51. The summed E-state index contributed by atoms with van der Waals surface area (Å²) in [6.45, 7) is 20.3. The third-order valence-electron chi connectivity index (χ3n) is 6.95. The van der Waals surface area contributed by atoms with Crippen molar-refractivity contribution in [3.63, 3.8) is 0 Å². The predicted octanol–water partition coefficient (Wildman–Crippen LogP) is 7.62. The van der Waals surface area contributed by atoms with Crippen LogP contribution in [0.5, 0.6) is 5.75 Å². The van der Waals surface area contributed by atoms with Crippen molar-refractivity contribution in [3.05, 3.63) is 22.8 Å². The third-order valence-corrected chi connectivity index (χ3v) is 14.1. The Balaban J connectivity index is 2.37. The molecule has 0 fully saturated rings. The van der Waals surface area contributed by atoms with Crippen LogP contribution in [-0.4, -0.2) is 37.8 Å². The summed E-state index contributed by atoms with van der Waals surface area (Å²) in [7, 11) is -0.384. The maximum atomic E-state index is 13.1. The van der Waals surface area contributed by atoms with E-state index in [1.54, 1.807) is 12.0 Å². The summed E-state index contributed by atoms with van der Waals surface area (Å²) >= 11 is 6.84. The van der Waals surface area contributed by atoms with E-state index in [9.17, 15) is 4.79 Å². The standard InChI is InChI=1S/C25H39ClN2O3Si/c1-15(2)32(16(3)4,17(5)6)28-14-18-11-12-27(24(29)31-25(7,8)9)23-21(18)19(28)13-20(30-10)22(23)26/h13-17H,11-12H2,1-10H3. The molecule has 32 heavy (non-hydrogen) atoms. The molecule has 1 aromatic heterocycles. The number of rotatable bonds is 5. The number of ether oxygens (including phenoxy) is 2. The molecule has 1 aliphatic heterocycles. The molecule has 5 nitrogen and oxygen atoms in total. The van der Waals surface area contributed by atoms with E-state index >= 15 is 0 Å². The average Bonchev–Trinajstić information content (AvgIpc) is 3.01. The van der Waals surface area contributed by atoms with Crippen LogP contribution in [-0.2, 0) is 11.2 Å². The van der Waals surface area contributed by atoms with Crippen LogP contribution >= 0.6 is 11.6 Å². The zero-order chi connectivity index (χ0) is 24.2. The van der Waals surface area contributed by atoms with E-state index in [1.807, 2.05) is 20.8 Å². The number of benzene rings is 1. The van der Waals surface area contributed by atoms with Crippen molar-refractivity contribution in [1.82, 2.24) is 4.23 Å². The van der Waals surface area contributed by atoms with Gasteiger partial charge in [0.05, 0.1) is 12.8 Å². The fourth-order valence-electron chi connectivity index (χ4n) is 5.99. The highest BCUT2D eigenvalue weighted by Crippen LogP contribution is 2.50. The number of amides is 1. The highest BCUT2D eigenvalue weighted by atomic mass is 35.5. The molecule has 1 amide bonds. The SMILES string of the molecule is COc1cc2c3c(cn2[Si](C(C)C)(C(C)C)C(C)C)CCN(C(=O)OC(C)(C)C)c3c1Cl. The Bertz CT molecular complexity index is 999. The minimum Gasteiger partial charge on any atom is -0.495 e. The van der Waals surface area contributed by atoms with Gasteiger partial charge in [0.1, 0.15) is 16.4 Å². The fourth-order valence-corrected chi connectivity index (χ4v) is 13.0. The number of methoxy groups -OCH3 is 1. The van der Waals surface area contributed by atoms with Crippen LogP contribution < -0.4 is 9.64 Å². The van der Waals surface area contributed by atoms with Crippen molar-refractivity contribution in [2.75, 3.05) is 18.6 Å². The van der Waals surface area contributed by atoms with Crippen molar-refractivity contribution in [3.8, 4) is 5.75 Å². The molecule has 1 aromatic carbocycles. The molecule has 2 heterocycles. The maximum Gasteiger partial charge on any atom is 0.414 e. The van der Waals surface area contributed by atoms with Gasteiger partial charge in [0.25, 0.3) is 0 Å². The number of anilines is 1. The summed E-state index contributed by atoms with van der Waals surface area (Å²) in [5.74, 6) is 0.592. The van der Waals surface area contributed by atoms with Crippen LogP contribution in [0.3, 0.4) is 0 Å². The van der Waals surface area contributed by atoms with Gasteiger partial charge in [0.2, 0.25) is 0 Å². The number of nitrogens with zero attached hydrogens (tertiary/aromatic N) is 2. The topological polar surface area (TPSA) is 43.7 Å². The van der Waals surface area contributed by atoms with Gasteiger partial charge in [-0.05, 0) is 55.6 Å². The van der Waals surface area contributed by atoms with Gasteiger partial charge < -0.3 is 13.7 Å². The van der Waals surface area contributed by atoms with Gasteiger partial charge in [-0.1, -0.05) is 53.1 Å². The first-order valence-electron chi connectivity index (χ1n) is 11.7. The molecule has 178 valence electrons. The van der Waals surface area contributed by atoms with Crippen molar-refractivity contribution >= 4 is 42.5 Å². The van der Waals surface area contributed by atoms with Gasteiger partial charge >= 0.3 is 6.09 Å². The van der Waals surface area contributed by atoms with Gasteiger partial charge in [-0.15, -0.1) is 0 Å². The first-order valence-corrected chi connectivity index (χ1v) is 14.2. The Labute approximate surface area is 199 Å². The second kappa shape index (κ2) is 8.60. The van der Waals surface area contributed by atoms with E-state index in [1.165, 1.54) is 5.56 Å². The summed E-state index contributed by atoms with van der Waals surface area (Å²) in [6, 6.07) is 2.07. The van der Waals surface area contributed by atoms with Crippen molar-refractivity contribution in [1.29, 1.82) is 0 Å². The molecule has 2 aromatic rings. The van der Waals surface area contributed by atoms with Crippen molar-refractivity contribution in [2.45, 2.75) is 91.0 Å². The lowest BCUT2D eigenvalue weighted by atomic mass is 10.0. The summed E-state index contributed by atoms with van der Waals surface area (Å²) in [5, 5.41) is 1.53. The van der Waals surface area contributed by atoms with Crippen LogP contribution in [0.25, 0.3) is 10.9 Å². The highest BCUT2D eigenvalue weighted by molar-refractivity contribution is 6.82. The van der Waals surface area contributed by atoms with E-state index in [0.717, 1.165) is 23.0 Å². The molecule has 0 radical (unpaired) electrons. The van der Waals surface area contributed by atoms with Gasteiger partial charge in [-0.3, -0.25) is 4.90 Å². The first kappa shape index (κ1) is 25.0. The van der Waals surface area contributed by atoms with Crippen LogP contribution in [0.2, 0.25) is 21.6 Å². The normalized spacial score (nSPS) is 14.8. The first-order chi connectivity index (χ1) is 14.8. The van der Waals surface area contributed by atoms with E-state index in [-0.39, 0.29) is 6.09 Å². The summed E-state index contributed by atoms with van der Waals surface area (Å²) in [4.78, 5) is 14.8. The molecule has 0 N–H and O–H groups in total. The molecule has 0 unspecified atom stereocenters. The second-order valence-electron chi connectivity index (χ2n) is 10.9. The molecular weight excluding hydrogens is 440 g/mol. The van der Waals surface area contributed by atoms with Crippen LogP contribution in [0.1, 0.15) is 67.9 Å². The Kier molecular flexibility index (Phi) is 6.71. The van der Waals surface area contributed by atoms with E-state index in [2.05, 4.69) is 58.0 Å². The third kappa shape index (κ3) is 3.83. The molecule has 0 spiro atoms. The zero-order valence-electron chi connectivity index (χ0n) is 21.3. The lowest BCUT2D eigenvalue weighted by molar-refractivity contribution is 0.0580. The number of aromatic nitrogens is 1. The van der Waals surface area contributed by atoms with Crippen molar-refractivity contribution < 1.29 is 14.3 Å². The fraction of sp³-hybridized carbons (Fsp3) is 0.640. The Morgan fingerprint density at radius 1 is 1.09 bits per heavy atom. The van der Waals surface area contributed by atoms with E-state index in [0.29, 0.717) is 33.9 Å². The average molecular weight is 479 g/mol. The van der Waals surface area contributed by atoms with Gasteiger partial charge in [-0.25, -0.2) is 4.79 Å². The van der Waals surface area contributed by atoms with Crippen LogP contribution in [0.4, 0.5) is 10.5 Å². The number of hydrogen-bond acceptors (Lipinski definition) is 3. The molecule has 0 saturated heterocycles. The maximum absolute atomic E-state index is 13.1. The molecule has 1 aliphatic rings.